The number of rotatable bonds is 2. The molecule has 0 saturated carbocycles. The van der Waals surface area contributed by atoms with Gasteiger partial charge in [0.15, 0.2) is 16.6 Å². The first-order valence-corrected chi connectivity index (χ1v) is 7.55. The molecular weight excluding hydrogens is 274 g/mol. The largest absolute Gasteiger partial charge is 0.504 e. The van der Waals surface area contributed by atoms with Gasteiger partial charge < -0.3 is 20.0 Å². The lowest BCUT2D eigenvalue weighted by atomic mass is 10.1. The van der Waals surface area contributed by atoms with Gasteiger partial charge in [-0.15, -0.1) is 11.3 Å². The lowest BCUT2D eigenvalue weighted by Gasteiger charge is -2.29. The zero-order chi connectivity index (χ0) is 14.1. The van der Waals surface area contributed by atoms with Crippen LogP contribution in [0.2, 0.25) is 0 Å². The van der Waals surface area contributed by atoms with Crippen molar-refractivity contribution in [2.75, 3.05) is 38.1 Å². The van der Waals surface area contributed by atoms with Crippen molar-refractivity contribution in [3.63, 3.8) is 0 Å². The summed E-state index contributed by atoms with van der Waals surface area (Å²) in [6, 6.07) is 4.80. The van der Waals surface area contributed by atoms with E-state index < -0.39 is 0 Å². The number of hydrogen-bond donors (Lipinski definition) is 3. The van der Waals surface area contributed by atoms with Crippen LogP contribution in [0.15, 0.2) is 23.6 Å². The van der Waals surface area contributed by atoms with Crippen molar-refractivity contribution < 1.29 is 15.1 Å². The van der Waals surface area contributed by atoms with E-state index in [-0.39, 0.29) is 11.5 Å². The molecule has 0 unspecified atom stereocenters. The Morgan fingerprint density at radius 2 is 1.95 bits per heavy atom. The molecule has 0 spiro atoms. The molecular formula is C14H18N3O2S+. The minimum atomic E-state index is -0.111. The number of hydrogen-bond acceptors (Lipinski definition) is 5. The SMILES string of the molecule is C[NH+]1CCN(c2nc(-c3ccc(O)c(O)c3)cs2)CC1. The quantitative estimate of drug-likeness (QED) is 0.708. The van der Waals surface area contributed by atoms with Crippen LogP contribution in [0.25, 0.3) is 11.3 Å². The number of nitrogens with zero attached hydrogens (tertiary/aromatic N) is 2. The van der Waals surface area contributed by atoms with Crippen LogP contribution in [0.1, 0.15) is 0 Å². The highest BCUT2D eigenvalue weighted by Gasteiger charge is 2.19. The van der Waals surface area contributed by atoms with Gasteiger partial charge in [0.25, 0.3) is 0 Å². The zero-order valence-electron chi connectivity index (χ0n) is 11.3. The van der Waals surface area contributed by atoms with Gasteiger partial charge in [0.2, 0.25) is 0 Å². The lowest BCUT2D eigenvalue weighted by Crippen LogP contribution is -3.12. The Balaban J connectivity index is 1.81. The monoisotopic (exact) mass is 292 g/mol. The summed E-state index contributed by atoms with van der Waals surface area (Å²) in [5.41, 5.74) is 1.66. The Hall–Kier alpha value is -1.79. The van der Waals surface area contributed by atoms with Gasteiger partial charge in [-0.3, -0.25) is 0 Å². The molecule has 2 aromatic rings. The molecule has 0 radical (unpaired) electrons. The normalized spacial score (nSPS) is 16.6. The van der Waals surface area contributed by atoms with Gasteiger partial charge in [0.05, 0.1) is 38.9 Å². The predicted octanol–water partition coefficient (Wildman–Crippen LogP) is 0.556. The van der Waals surface area contributed by atoms with Gasteiger partial charge in [0, 0.05) is 10.9 Å². The Bertz CT molecular complexity index is 606. The van der Waals surface area contributed by atoms with E-state index in [4.69, 9.17) is 0 Å². The Morgan fingerprint density at radius 1 is 1.20 bits per heavy atom. The van der Waals surface area contributed by atoms with E-state index >= 15 is 0 Å². The summed E-state index contributed by atoms with van der Waals surface area (Å²) in [5.74, 6) is -0.216. The summed E-state index contributed by atoms with van der Waals surface area (Å²) in [6.07, 6.45) is 0. The molecule has 5 nitrogen and oxygen atoms in total. The number of thiazole rings is 1. The fraction of sp³-hybridized carbons (Fsp3) is 0.357. The second-order valence-electron chi connectivity index (χ2n) is 5.16. The van der Waals surface area contributed by atoms with Crippen LogP contribution in [0.4, 0.5) is 5.13 Å². The molecule has 2 heterocycles. The van der Waals surface area contributed by atoms with Crippen molar-refractivity contribution in [2.24, 2.45) is 0 Å². The van der Waals surface area contributed by atoms with E-state index in [1.807, 2.05) is 5.38 Å². The van der Waals surface area contributed by atoms with E-state index in [0.717, 1.165) is 42.6 Å². The summed E-state index contributed by atoms with van der Waals surface area (Å²) < 4.78 is 0. The third-order valence-electron chi connectivity index (χ3n) is 3.65. The van der Waals surface area contributed by atoms with Gasteiger partial charge in [-0.2, -0.15) is 0 Å². The van der Waals surface area contributed by atoms with Crippen LogP contribution >= 0.6 is 11.3 Å². The molecule has 1 fully saturated rings. The smallest absolute Gasteiger partial charge is 0.186 e. The third-order valence-corrected chi connectivity index (χ3v) is 4.55. The van der Waals surface area contributed by atoms with E-state index in [0.29, 0.717) is 0 Å². The van der Waals surface area contributed by atoms with Gasteiger partial charge in [-0.1, -0.05) is 0 Å². The summed E-state index contributed by atoms with van der Waals surface area (Å²) in [6.45, 7) is 4.32. The van der Waals surface area contributed by atoms with Crippen LogP contribution in [-0.2, 0) is 0 Å². The van der Waals surface area contributed by atoms with Gasteiger partial charge in [-0.05, 0) is 18.2 Å². The molecule has 1 aliphatic heterocycles. The van der Waals surface area contributed by atoms with Crippen molar-refractivity contribution in [1.29, 1.82) is 0 Å². The van der Waals surface area contributed by atoms with E-state index in [1.165, 1.54) is 6.07 Å². The van der Waals surface area contributed by atoms with Crippen molar-refractivity contribution in [3.8, 4) is 22.8 Å². The van der Waals surface area contributed by atoms with Crippen LogP contribution in [0.3, 0.4) is 0 Å². The first-order chi connectivity index (χ1) is 9.63. The summed E-state index contributed by atoms with van der Waals surface area (Å²) >= 11 is 1.62. The first kappa shape index (κ1) is 13.2. The Morgan fingerprint density at radius 3 is 2.65 bits per heavy atom. The van der Waals surface area contributed by atoms with Gasteiger partial charge in [0.1, 0.15) is 0 Å². The van der Waals surface area contributed by atoms with Crippen LogP contribution < -0.4 is 9.80 Å². The number of quaternary nitrogens is 1. The highest BCUT2D eigenvalue weighted by atomic mass is 32.1. The van der Waals surface area contributed by atoms with E-state index in [2.05, 4.69) is 16.9 Å². The van der Waals surface area contributed by atoms with Crippen molar-refractivity contribution in [2.45, 2.75) is 0 Å². The maximum absolute atomic E-state index is 9.56. The molecule has 1 aliphatic rings. The number of phenols is 2. The number of phenolic OH excluding ortho intramolecular Hbond substituents is 2. The highest BCUT2D eigenvalue weighted by molar-refractivity contribution is 7.14. The number of aromatic hydroxyl groups is 2. The molecule has 0 aliphatic carbocycles. The first-order valence-electron chi connectivity index (χ1n) is 6.67. The Kier molecular flexibility index (Phi) is 3.50. The van der Waals surface area contributed by atoms with Crippen molar-refractivity contribution >= 4 is 16.5 Å². The fourth-order valence-electron chi connectivity index (χ4n) is 2.30. The molecule has 6 heteroatoms. The van der Waals surface area contributed by atoms with Gasteiger partial charge in [-0.25, -0.2) is 4.98 Å². The molecule has 3 rings (SSSR count). The zero-order valence-corrected chi connectivity index (χ0v) is 12.2. The lowest BCUT2D eigenvalue weighted by molar-refractivity contribution is -0.880. The number of likely N-dealkylation sites (N-methyl/N-ethyl adjacent to an activating group) is 1. The maximum atomic E-state index is 9.56. The number of piperazine rings is 1. The number of anilines is 1. The molecule has 1 saturated heterocycles. The predicted molar refractivity (Wildman–Crippen MR) is 79.7 cm³/mol. The van der Waals surface area contributed by atoms with E-state index in [9.17, 15) is 10.2 Å². The molecule has 1 aromatic carbocycles. The number of nitrogens with one attached hydrogen (secondary N) is 1. The molecule has 0 bridgehead atoms. The fourth-order valence-corrected chi connectivity index (χ4v) is 3.19. The second-order valence-corrected chi connectivity index (χ2v) is 6.00. The highest BCUT2D eigenvalue weighted by Crippen LogP contribution is 2.32. The molecule has 0 amide bonds. The van der Waals surface area contributed by atoms with E-state index in [1.54, 1.807) is 28.4 Å². The average Bonchev–Trinajstić information content (AvgIpc) is 2.92. The Labute approximate surface area is 121 Å². The summed E-state index contributed by atoms with van der Waals surface area (Å²) in [4.78, 5) is 8.51. The number of aromatic nitrogens is 1. The minimum absolute atomic E-state index is 0.105. The maximum Gasteiger partial charge on any atom is 0.186 e. The standard InChI is InChI=1S/C14H17N3O2S/c1-16-4-6-17(7-5-16)14-15-11(9-20-14)10-2-3-12(18)13(19)8-10/h2-3,8-9,18-19H,4-7H2,1H3/p+1. The topological polar surface area (TPSA) is 61.0 Å². The molecule has 1 aromatic heterocycles. The average molecular weight is 292 g/mol. The van der Waals surface area contributed by atoms with Crippen molar-refractivity contribution in [1.82, 2.24) is 4.98 Å². The third kappa shape index (κ3) is 2.57. The van der Waals surface area contributed by atoms with Crippen molar-refractivity contribution in [3.05, 3.63) is 23.6 Å². The van der Waals surface area contributed by atoms with Crippen LogP contribution in [-0.4, -0.2) is 48.4 Å². The second kappa shape index (κ2) is 5.30. The molecule has 3 N–H and O–H groups in total. The summed E-state index contributed by atoms with van der Waals surface area (Å²) in [5, 5.41) is 21.9. The van der Waals surface area contributed by atoms with Crippen LogP contribution in [0, 0.1) is 0 Å². The molecule has 20 heavy (non-hydrogen) atoms. The molecule has 106 valence electrons. The number of benzene rings is 1. The summed E-state index contributed by atoms with van der Waals surface area (Å²) in [7, 11) is 2.21. The van der Waals surface area contributed by atoms with Crippen LogP contribution in [0.5, 0.6) is 11.5 Å². The van der Waals surface area contributed by atoms with Gasteiger partial charge >= 0.3 is 0 Å². The minimum Gasteiger partial charge on any atom is -0.504 e. The molecule has 0 atom stereocenters.